The highest BCUT2D eigenvalue weighted by Gasteiger charge is 2.20. The Kier molecular flexibility index (Phi) is 6.10. The summed E-state index contributed by atoms with van der Waals surface area (Å²) < 4.78 is 15.3. The molecule has 0 aliphatic heterocycles. The Morgan fingerprint density at radius 2 is 1.73 bits per heavy atom. The SMILES string of the molecule is CCCCc1ccc(NC(=O)c2scc(-c3ccc(F)cc3)c2-n2cccc2)cc1. The number of amides is 1. The fourth-order valence-electron chi connectivity index (χ4n) is 3.41. The Morgan fingerprint density at radius 1 is 1.03 bits per heavy atom. The van der Waals surface area contributed by atoms with E-state index in [-0.39, 0.29) is 11.7 Å². The van der Waals surface area contributed by atoms with Crippen molar-refractivity contribution in [3.8, 4) is 16.8 Å². The molecule has 0 unspecified atom stereocenters. The summed E-state index contributed by atoms with van der Waals surface area (Å²) in [6.45, 7) is 2.18. The van der Waals surface area contributed by atoms with Crippen LogP contribution in [-0.2, 0) is 6.42 Å². The minimum atomic E-state index is -0.281. The van der Waals surface area contributed by atoms with Crippen LogP contribution in [0.5, 0.6) is 0 Å². The van der Waals surface area contributed by atoms with Crippen molar-refractivity contribution >= 4 is 22.9 Å². The van der Waals surface area contributed by atoms with Crippen LogP contribution in [0.3, 0.4) is 0 Å². The summed E-state index contributed by atoms with van der Waals surface area (Å²) in [4.78, 5) is 13.7. The number of carbonyl (C=O) groups is 1. The zero-order chi connectivity index (χ0) is 20.9. The number of carbonyl (C=O) groups excluding carboxylic acids is 1. The molecule has 2 aromatic carbocycles. The molecule has 0 fully saturated rings. The molecule has 2 heterocycles. The van der Waals surface area contributed by atoms with E-state index in [1.54, 1.807) is 12.1 Å². The van der Waals surface area contributed by atoms with Crippen LogP contribution in [-0.4, -0.2) is 10.5 Å². The van der Waals surface area contributed by atoms with Gasteiger partial charge < -0.3 is 9.88 Å². The molecule has 152 valence electrons. The number of anilines is 1. The number of unbranched alkanes of at least 4 members (excludes halogenated alkanes) is 1. The highest BCUT2D eigenvalue weighted by molar-refractivity contribution is 7.13. The van der Waals surface area contributed by atoms with Crippen LogP contribution in [0.1, 0.15) is 35.0 Å². The molecular formula is C25H23FN2OS. The number of hydrogen-bond donors (Lipinski definition) is 1. The summed E-state index contributed by atoms with van der Waals surface area (Å²) in [5.74, 6) is -0.435. The Labute approximate surface area is 179 Å². The quantitative estimate of drug-likeness (QED) is 0.346. The van der Waals surface area contributed by atoms with Crippen LogP contribution < -0.4 is 5.32 Å². The van der Waals surface area contributed by atoms with Crippen LogP contribution >= 0.6 is 11.3 Å². The average molecular weight is 419 g/mol. The normalized spacial score (nSPS) is 10.9. The first-order valence-electron chi connectivity index (χ1n) is 10.1. The van der Waals surface area contributed by atoms with E-state index in [0.717, 1.165) is 41.8 Å². The third kappa shape index (κ3) is 4.36. The van der Waals surface area contributed by atoms with Gasteiger partial charge in [-0.2, -0.15) is 0 Å². The van der Waals surface area contributed by atoms with Crippen molar-refractivity contribution < 1.29 is 9.18 Å². The van der Waals surface area contributed by atoms with Crippen LogP contribution in [0.4, 0.5) is 10.1 Å². The van der Waals surface area contributed by atoms with Gasteiger partial charge in [0.1, 0.15) is 10.7 Å². The molecule has 4 rings (SSSR count). The van der Waals surface area contributed by atoms with Gasteiger partial charge in [0.15, 0.2) is 0 Å². The largest absolute Gasteiger partial charge is 0.322 e. The lowest BCUT2D eigenvalue weighted by Gasteiger charge is -2.11. The van der Waals surface area contributed by atoms with Crippen molar-refractivity contribution in [1.29, 1.82) is 0 Å². The summed E-state index contributed by atoms with van der Waals surface area (Å²) in [7, 11) is 0. The maximum atomic E-state index is 13.4. The number of nitrogens with zero attached hydrogens (tertiary/aromatic N) is 1. The Balaban J connectivity index is 1.63. The van der Waals surface area contributed by atoms with E-state index in [4.69, 9.17) is 0 Å². The van der Waals surface area contributed by atoms with Crippen molar-refractivity contribution in [3.63, 3.8) is 0 Å². The molecule has 30 heavy (non-hydrogen) atoms. The van der Waals surface area contributed by atoms with Crippen LogP contribution in [0, 0.1) is 5.82 Å². The molecule has 5 heteroatoms. The van der Waals surface area contributed by atoms with Gasteiger partial charge in [0.05, 0.1) is 5.69 Å². The van der Waals surface area contributed by atoms with Crippen LogP contribution in [0.15, 0.2) is 78.4 Å². The fraction of sp³-hybridized carbons (Fsp3) is 0.160. The van der Waals surface area contributed by atoms with E-state index >= 15 is 0 Å². The highest BCUT2D eigenvalue weighted by Crippen LogP contribution is 2.35. The van der Waals surface area contributed by atoms with Gasteiger partial charge in [-0.1, -0.05) is 37.6 Å². The smallest absolute Gasteiger partial charge is 0.267 e. The molecule has 0 aliphatic rings. The molecule has 3 nitrogen and oxygen atoms in total. The van der Waals surface area contributed by atoms with E-state index in [1.807, 2.05) is 46.6 Å². The summed E-state index contributed by atoms with van der Waals surface area (Å²) in [5.41, 5.74) is 4.62. The monoisotopic (exact) mass is 418 g/mol. The highest BCUT2D eigenvalue weighted by atomic mass is 32.1. The number of aryl methyl sites for hydroxylation is 1. The second-order valence-electron chi connectivity index (χ2n) is 7.18. The van der Waals surface area contributed by atoms with Gasteiger partial charge in [-0.25, -0.2) is 4.39 Å². The van der Waals surface area contributed by atoms with E-state index in [2.05, 4.69) is 24.4 Å². The molecule has 0 atom stereocenters. The Morgan fingerprint density at radius 3 is 2.40 bits per heavy atom. The molecule has 0 saturated heterocycles. The number of rotatable bonds is 7. The molecule has 0 saturated carbocycles. The third-order valence-electron chi connectivity index (χ3n) is 5.02. The lowest BCUT2D eigenvalue weighted by Crippen LogP contribution is -2.13. The van der Waals surface area contributed by atoms with E-state index in [0.29, 0.717) is 4.88 Å². The van der Waals surface area contributed by atoms with Gasteiger partial charge in [-0.15, -0.1) is 11.3 Å². The van der Waals surface area contributed by atoms with Gasteiger partial charge in [-0.3, -0.25) is 4.79 Å². The first-order chi connectivity index (χ1) is 14.7. The molecular weight excluding hydrogens is 395 g/mol. The molecule has 1 amide bonds. The molecule has 0 bridgehead atoms. The fourth-order valence-corrected chi connectivity index (χ4v) is 4.38. The standard InChI is InChI=1S/C25H23FN2OS/c1-2-3-6-18-7-13-21(14-8-18)27-25(29)24-23(28-15-4-5-16-28)22(17-30-24)19-9-11-20(26)12-10-19/h4-5,7-17H,2-3,6H2,1H3,(H,27,29). The van der Waals surface area contributed by atoms with Crippen molar-refractivity contribution in [2.45, 2.75) is 26.2 Å². The number of benzene rings is 2. The summed E-state index contributed by atoms with van der Waals surface area (Å²) >= 11 is 1.39. The van der Waals surface area contributed by atoms with Gasteiger partial charge in [0, 0.05) is 29.0 Å². The van der Waals surface area contributed by atoms with Gasteiger partial charge in [-0.05, 0) is 60.4 Å². The molecule has 4 aromatic rings. The van der Waals surface area contributed by atoms with Crippen LogP contribution in [0.25, 0.3) is 16.8 Å². The van der Waals surface area contributed by atoms with Gasteiger partial charge in [0.25, 0.3) is 5.91 Å². The van der Waals surface area contributed by atoms with Gasteiger partial charge >= 0.3 is 0 Å². The summed E-state index contributed by atoms with van der Waals surface area (Å²) in [6, 6.07) is 18.2. The first kappa shape index (κ1) is 20.1. The average Bonchev–Trinajstić information content (AvgIpc) is 3.43. The predicted octanol–water partition coefficient (Wildman–Crippen LogP) is 6.94. The number of aromatic nitrogens is 1. The summed E-state index contributed by atoms with van der Waals surface area (Å²) in [6.07, 6.45) is 7.19. The minimum Gasteiger partial charge on any atom is -0.322 e. The first-order valence-corrected chi connectivity index (χ1v) is 10.9. The molecule has 0 spiro atoms. The number of nitrogens with one attached hydrogen (secondary N) is 1. The maximum Gasteiger partial charge on any atom is 0.267 e. The van der Waals surface area contributed by atoms with Crippen molar-refractivity contribution in [1.82, 2.24) is 4.57 Å². The lowest BCUT2D eigenvalue weighted by atomic mass is 10.1. The maximum absolute atomic E-state index is 13.4. The topological polar surface area (TPSA) is 34.0 Å². The van der Waals surface area contributed by atoms with Crippen molar-refractivity contribution in [2.75, 3.05) is 5.32 Å². The second-order valence-corrected chi connectivity index (χ2v) is 8.06. The zero-order valence-corrected chi connectivity index (χ0v) is 17.6. The Hall–Kier alpha value is -3.18. The zero-order valence-electron chi connectivity index (χ0n) is 16.8. The van der Waals surface area contributed by atoms with Gasteiger partial charge in [0.2, 0.25) is 0 Å². The molecule has 0 aliphatic carbocycles. The van der Waals surface area contributed by atoms with Crippen molar-refractivity contribution in [3.05, 3.63) is 94.7 Å². The predicted molar refractivity (Wildman–Crippen MR) is 122 cm³/mol. The van der Waals surface area contributed by atoms with Crippen LogP contribution in [0.2, 0.25) is 0 Å². The number of halogens is 1. The Bertz CT molecular complexity index is 1110. The minimum absolute atomic E-state index is 0.154. The molecule has 0 radical (unpaired) electrons. The summed E-state index contributed by atoms with van der Waals surface area (Å²) in [5, 5.41) is 4.97. The number of hydrogen-bond acceptors (Lipinski definition) is 2. The van der Waals surface area contributed by atoms with E-state index < -0.39 is 0 Å². The van der Waals surface area contributed by atoms with Crippen molar-refractivity contribution in [2.24, 2.45) is 0 Å². The third-order valence-corrected chi connectivity index (χ3v) is 5.99. The lowest BCUT2D eigenvalue weighted by molar-refractivity contribution is 0.103. The van der Waals surface area contributed by atoms with E-state index in [9.17, 15) is 9.18 Å². The molecule has 2 aromatic heterocycles. The molecule has 1 N–H and O–H groups in total. The number of thiophene rings is 1. The second kappa shape index (κ2) is 9.09. The van der Waals surface area contributed by atoms with E-state index in [1.165, 1.54) is 29.0 Å².